The van der Waals surface area contributed by atoms with Crippen LogP contribution in [0.25, 0.3) is 0 Å². The van der Waals surface area contributed by atoms with Gasteiger partial charge in [0.15, 0.2) is 0 Å². The summed E-state index contributed by atoms with van der Waals surface area (Å²) in [6.07, 6.45) is 4.97. The maximum Gasteiger partial charge on any atom is 0.241 e. The Morgan fingerprint density at radius 1 is 1.30 bits per heavy atom. The van der Waals surface area contributed by atoms with Gasteiger partial charge < -0.3 is 10.6 Å². The summed E-state index contributed by atoms with van der Waals surface area (Å²) in [7, 11) is 0. The van der Waals surface area contributed by atoms with E-state index in [2.05, 4.69) is 6.07 Å². The average molecular weight is 317 g/mol. The Kier molecular flexibility index (Phi) is 2.64. The van der Waals surface area contributed by atoms with Gasteiger partial charge in [0.05, 0.1) is 12.1 Å². The SMILES string of the molecule is N#CC1CC2CC2N1C(=O)C(N)C12CC3CC(C1)C[N+](O)(C3)C2. The number of hydrogen-bond donors (Lipinski definition) is 2. The Labute approximate surface area is 136 Å². The van der Waals surface area contributed by atoms with E-state index in [1.165, 1.54) is 6.42 Å². The Morgan fingerprint density at radius 2 is 2.00 bits per heavy atom. The zero-order chi connectivity index (χ0) is 16.0. The predicted molar refractivity (Wildman–Crippen MR) is 80.6 cm³/mol. The van der Waals surface area contributed by atoms with Gasteiger partial charge in [0, 0.05) is 23.3 Å². The molecule has 23 heavy (non-hydrogen) atoms. The summed E-state index contributed by atoms with van der Waals surface area (Å²) in [4.78, 5) is 14.9. The van der Waals surface area contributed by atoms with Crippen molar-refractivity contribution >= 4 is 5.91 Å². The third-order valence-electron chi connectivity index (χ3n) is 7.30. The van der Waals surface area contributed by atoms with Crippen LogP contribution in [0.5, 0.6) is 0 Å². The zero-order valence-electron chi connectivity index (χ0n) is 13.4. The molecular weight excluding hydrogens is 292 g/mol. The second kappa shape index (κ2) is 4.27. The number of hydrogen-bond acceptors (Lipinski definition) is 4. The summed E-state index contributed by atoms with van der Waals surface area (Å²) in [6, 6.07) is 1.69. The number of carbonyl (C=O) groups excluding carboxylic acids is 1. The maximum absolute atomic E-state index is 13.1. The normalized spacial score (nSPS) is 53.8. The molecule has 6 heteroatoms. The first-order valence-corrected chi connectivity index (χ1v) is 8.99. The number of likely N-dealkylation sites (tertiary alicyclic amines) is 1. The molecule has 6 fully saturated rings. The number of hydroxylamine groups is 3. The monoisotopic (exact) mass is 317 g/mol. The Bertz CT molecular complexity index is 600. The molecule has 3 N–H and O–H groups in total. The molecule has 0 aromatic carbocycles. The van der Waals surface area contributed by atoms with E-state index in [4.69, 9.17) is 5.73 Å². The summed E-state index contributed by atoms with van der Waals surface area (Å²) < 4.78 is 0.115. The van der Waals surface area contributed by atoms with Crippen LogP contribution in [0.3, 0.4) is 0 Å². The van der Waals surface area contributed by atoms with E-state index in [0.717, 1.165) is 38.8 Å². The van der Waals surface area contributed by atoms with E-state index < -0.39 is 6.04 Å². The number of piperidine rings is 4. The van der Waals surface area contributed by atoms with Gasteiger partial charge >= 0.3 is 0 Å². The maximum atomic E-state index is 13.1. The summed E-state index contributed by atoms with van der Waals surface area (Å²) in [6.45, 7) is 2.27. The number of quaternary nitrogens is 1. The van der Waals surface area contributed by atoms with Gasteiger partial charge in [-0.25, -0.2) is 5.21 Å². The third-order valence-corrected chi connectivity index (χ3v) is 7.30. The lowest BCUT2D eigenvalue weighted by atomic mass is 9.56. The minimum Gasteiger partial charge on any atom is -0.322 e. The van der Waals surface area contributed by atoms with Crippen LogP contribution in [-0.2, 0) is 4.79 Å². The molecular formula is C17H25N4O2+. The molecule has 6 atom stereocenters. The lowest BCUT2D eigenvalue weighted by molar-refractivity contribution is -1.12. The molecule has 124 valence electrons. The molecule has 2 aliphatic carbocycles. The minimum atomic E-state index is -0.562. The molecule has 4 aliphatic heterocycles. The van der Waals surface area contributed by atoms with Crippen LogP contribution in [0.1, 0.15) is 32.1 Å². The average Bonchev–Trinajstić information content (AvgIpc) is 3.14. The van der Waals surface area contributed by atoms with E-state index in [-0.39, 0.29) is 28.1 Å². The molecule has 6 aliphatic rings. The fraction of sp³-hybridized carbons (Fsp3) is 0.882. The van der Waals surface area contributed by atoms with Gasteiger partial charge in [-0.2, -0.15) is 9.91 Å². The van der Waals surface area contributed by atoms with Gasteiger partial charge in [-0.15, -0.1) is 0 Å². The first-order chi connectivity index (χ1) is 10.9. The van der Waals surface area contributed by atoms with Crippen molar-refractivity contribution in [1.82, 2.24) is 4.90 Å². The second-order valence-corrected chi connectivity index (χ2v) is 9.02. The second-order valence-electron chi connectivity index (χ2n) is 9.02. The van der Waals surface area contributed by atoms with Gasteiger partial charge in [0.1, 0.15) is 25.7 Å². The fourth-order valence-corrected chi connectivity index (χ4v) is 6.69. The molecule has 1 amide bonds. The molecule has 6 rings (SSSR count). The highest BCUT2D eigenvalue weighted by Crippen LogP contribution is 2.55. The number of rotatable bonds is 2. The first-order valence-electron chi connectivity index (χ1n) is 8.99. The molecule has 2 saturated carbocycles. The van der Waals surface area contributed by atoms with Crippen molar-refractivity contribution in [2.45, 2.75) is 50.2 Å². The molecule has 4 bridgehead atoms. The molecule has 0 aromatic heterocycles. The molecule has 0 aromatic rings. The van der Waals surface area contributed by atoms with Crippen LogP contribution in [0, 0.1) is 34.5 Å². The lowest BCUT2D eigenvalue weighted by Gasteiger charge is -2.60. The van der Waals surface area contributed by atoms with Gasteiger partial charge in [-0.1, -0.05) is 0 Å². The topological polar surface area (TPSA) is 90.4 Å². The summed E-state index contributed by atoms with van der Waals surface area (Å²) in [5.74, 6) is 1.49. The van der Waals surface area contributed by atoms with Gasteiger partial charge in [0.25, 0.3) is 0 Å². The molecule has 0 spiro atoms. The van der Waals surface area contributed by atoms with Crippen molar-refractivity contribution in [2.75, 3.05) is 19.6 Å². The van der Waals surface area contributed by atoms with Crippen LogP contribution in [-0.4, -0.2) is 58.4 Å². The Balaban J connectivity index is 1.43. The highest BCUT2D eigenvalue weighted by molar-refractivity contribution is 5.84. The molecule has 4 saturated heterocycles. The number of carbonyl (C=O) groups is 1. The Morgan fingerprint density at radius 3 is 2.61 bits per heavy atom. The summed E-state index contributed by atoms with van der Waals surface area (Å²) in [5, 5.41) is 20.2. The molecule has 6 nitrogen and oxygen atoms in total. The smallest absolute Gasteiger partial charge is 0.241 e. The van der Waals surface area contributed by atoms with Gasteiger partial charge in [0.2, 0.25) is 5.91 Å². The molecule has 6 unspecified atom stereocenters. The Hall–Kier alpha value is -1.16. The van der Waals surface area contributed by atoms with Crippen molar-refractivity contribution in [2.24, 2.45) is 28.9 Å². The van der Waals surface area contributed by atoms with E-state index >= 15 is 0 Å². The minimum absolute atomic E-state index is 0.0312. The zero-order valence-corrected chi connectivity index (χ0v) is 13.4. The highest BCUT2D eigenvalue weighted by Gasteiger charge is 2.64. The van der Waals surface area contributed by atoms with E-state index in [0.29, 0.717) is 24.3 Å². The number of nitrogens with two attached hydrogens (primary N) is 1. The van der Waals surface area contributed by atoms with E-state index in [9.17, 15) is 15.3 Å². The largest absolute Gasteiger partial charge is 0.322 e. The number of fused-ring (bicyclic) bond motifs is 1. The molecule has 4 heterocycles. The van der Waals surface area contributed by atoms with E-state index in [1.807, 2.05) is 0 Å². The summed E-state index contributed by atoms with van der Waals surface area (Å²) in [5.41, 5.74) is 6.27. The van der Waals surface area contributed by atoms with Crippen molar-refractivity contribution in [3.63, 3.8) is 0 Å². The van der Waals surface area contributed by atoms with Crippen LogP contribution in [0.4, 0.5) is 0 Å². The quantitative estimate of drug-likeness (QED) is 0.724. The van der Waals surface area contributed by atoms with Crippen LogP contribution in [0.15, 0.2) is 0 Å². The van der Waals surface area contributed by atoms with Gasteiger partial charge in [-0.3, -0.25) is 4.79 Å². The van der Waals surface area contributed by atoms with Gasteiger partial charge in [-0.05, 0) is 38.0 Å². The fourth-order valence-electron chi connectivity index (χ4n) is 6.69. The highest BCUT2D eigenvalue weighted by atomic mass is 16.5. The van der Waals surface area contributed by atoms with Crippen molar-refractivity contribution in [1.29, 1.82) is 5.26 Å². The van der Waals surface area contributed by atoms with Crippen LogP contribution >= 0.6 is 0 Å². The third kappa shape index (κ3) is 1.87. The number of amides is 1. The molecule has 0 radical (unpaired) electrons. The van der Waals surface area contributed by atoms with Crippen molar-refractivity contribution in [3.8, 4) is 6.07 Å². The standard InChI is InChI=1S/C17H25N4O2/c18-6-13-2-12-3-14(12)20(13)16(22)15(19)17-4-10-1-11(5-17)8-21(23,7-10)9-17/h10-15,23H,1-5,7-9,19H2/q+1. The van der Waals surface area contributed by atoms with Crippen molar-refractivity contribution in [3.05, 3.63) is 0 Å². The lowest BCUT2D eigenvalue weighted by Crippen LogP contribution is -2.73. The number of nitrogens with zero attached hydrogens (tertiary/aromatic N) is 3. The van der Waals surface area contributed by atoms with E-state index in [1.54, 1.807) is 4.90 Å². The van der Waals surface area contributed by atoms with Crippen LogP contribution in [0.2, 0.25) is 0 Å². The summed E-state index contributed by atoms with van der Waals surface area (Å²) >= 11 is 0. The first kappa shape index (κ1) is 14.2. The predicted octanol–water partition coefficient (Wildman–Crippen LogP) is 0.463. The van der Waals surface area contributed by atoms with Crippen LogP contribution < -0.4 is 5.73 Å². The number of nitriles is 1. The van der Waals surface area contributed by atoms with Crippen molar-refractivity contribution < 1.29 is 14.6 Å².